The number of ether oxygens (including phenoxy) is 1. The van der Waals surface area contributed by atoms with E-state index in [9.17, 15) is 13.6 Å². The number of hydrogen-bond donors (Lipinski definition) is 1. The van der Waals surface area contributed by atoms with Gasteiger partial charge in [0, 0.05) is 25.5 Å². The molecule has 0 spiro atoms. The van der Waals surface area contributed by atoms with E-state index in [4.69, 9.17) is 4.74 Å². The second-order valence-corrected chi connectivity index (χ2v) is 6.63. The molecule has 1 N–H and O–H groups in total. The van der Waals surface area contributed by atoms with Crippen molar-refractivity contribution >= 4 is 5.82 Å². The van der Waals surface area contributed by atoms with E-state index in [1.807, 2.05) is 13.8 Å². The minimum absolute atomic E-state index is 0.202. The van der Waals surface area contributed by atoms with Crippen LogP contribution in [0.5, 0.6) is 0 Å². The molecule has 134 valence electrons. The van der Waals surface area contributed by atoms with Crippen molar-refractivity contribution in [1.82, 2.24) is 9.55 Å². The Labute approximate surface area is 144 Å². The molecule has 25 heavy (non-hydrogen) atoms. The molecule has 0 amide bonds. The van der Waals surface area contributed by atoms with Gasteiger partial charge in [-0.25, -0.2) is 13.8 Å². The van der Waals surface area contributed by atoms with Crippen LogP contribution in [0.4, 0.5) is 14.6 Å². The van der Waals surface area contributed by atoms with Gasteiger partial charge in [0.1, 0.15) is 6.10 Å². The van der Waals surface area contributed by atoms with Crippen molar-refractivity contribution in [2.45, 2.75) is 39.0 Å². The van der Waals surface area contributed by atoms with Crippen LogP contribution in [-0.4, -0.2) is 22.2 Å². The summed E-state index contributed by atoms with van der Waals surface area (Å²) in [4.78, 5) is 16.7. The summed E-state index contributed by atoms with van der Waals surface area (Å²) in [6, 6.07) is 3.48. The zero-order chi connectivity index (χ0) is 18.0. The van der Waals surface area contributed by atoms with Crippen LogP contribution >= 0.6 is 0 Å². The van der Waals surface area contributed by atoms with Gasteiger partial charge < -0.3 is 14.6 Å². The molecule has 0 radical (unpaired) electrons. The van der Waals surface area contributed by atoms with Crippen LogP contribution in [0, 0.1) is 17.6 Å². The molecule has 1 aliphatic heterocycles. The maximum atomic E-state index is 13.5. The van der Waals surface area contributed by atoms with E-state index in [1.165, 1.54) is 6.07 Å². The monoisotopic (exact) mass is 349 g/mol. The van der Waals surface area contributed by atoms with E-state index >= 15 is 0 Å². The third-order valence-corrected chi connectivity index (χ3v) is 4.16. The first-order valence-electron chi connectivity index (χ1n) is 8.34. The zero-order valence-electron chi connectivity index (χ0n) is 14.2. The Morgan fingerprint density at radius 1 is 1.36 bits per heavy atom. The number of hydrogen-bond acceptors (Lipinski definition) is 4. The number of anilines is 1. The highest BCUT2D eigenvalue weighted by Crippen LogP contribution is 2.31. The maximum absolute atomic E-state index is 13.5. The number of benzene rings is 1. The van der Waals surface area contributed by atoms with Crippen molar-refractivity contribution in [3.05, 3.63) is 58.1 Å². The summed E-state index contributed by atoms with van der Waals surface area (Å²) < 4.78 is 33.9. The third-order valence-electron chi connectivity index (χ3n) is 4.16. The fraction of sp³-hybridized carbons (Fsp3) is 0.444. The van der Waals surface area contributed by atoms with Gasteiger partial charge in [-0.1, -0.05) is 19.9 Å². The predicted octanol–water partition coefficient (Wildman–Crippen LogP) is 3.12. The molecule has 0 aliphatic carbocycles. The summed E-state index contributed by atoms with van der Waals surface area (Å²) in [7, 11) is 0. The smallest absolute Gasteiger partial charge is 0.293 e. The normalized spacial score (nSPS) is 20.2. The third kappa shape index (κ3) is 3.87. The van der Waals surface area contributed by atoms with Crippen LogP contribution in [0.1, 0.15) is 31.9 Å². The molecule has 1 saturated heterocycles. The van der Waals surface area contributed by atoms with E-state index in [0.717, 1.165) is 12.1 Å². The van der Waals surface area contributed by atoms with Crippen LogP contribution in [0.3, 0.4) is 0 Å². The van der Waals surface area contributed by atoms with E-state index in [2.05, 4.69) is 10.3 Å². The van der Waals surface area contributed by atoms with Gasteiger partial charge in [0.25, 0.3) is 5.56 Å². The van der Waals surface area contributed by atoms with Gasteiger partial charge in [0.2, 0.25) is 0 Å². The lowest BCUT2D eigenvalue weighted by Gasteiger charge is -2.21. The van der Waals surface area contributed by atoms with Gasteiger partial charge in [-0.15, -0.1) is 0 Å². The molecule has 0 bridgehead atoms. The van der Waals surface area contributed by atoms with Gasteiger partial charge in [-0.2, -0.15) is 0 Å². The Morgan fingerprint density at radius 2 is 2.16 bits per heavy atom. The van der Waals surface area contributed by atoms with Gasteiger partial charge >= 0.3 is 0 Å². The Balaban J connectivity index is 1.82. The molecule has 2 aromatic rings. The first-order chi connectivity index (χ1) is 12.0. The van der Waals surface area contributed by atoms with Gasteiger partial charge in [0.15, 0.2) is 17.5 Å². The first kappa shape index (κ1) is 17.5. The molecule has 0 saturated carbocycles. The molecular weight excluding hydrogens is 328 g/mol. The molecule has 2 atom stereocenters. The second kappa shape index (κ2) is 7.31. The van der Waals surface area contributed by atoms with Crippen molar-refractivity contribution in [3.8, 4) is 0 Å². The second-order valence-electron chi connectivity index (χ2n) is 6.63. The number of rotatable bonds is 5. The quantitative estimate of drug-likeness (QED) is 0.901. The Morgan fingerprint density at radius 3 is 2.88 bits per heavy atom. The SMILES string of the molecule is CC(C)Cn1ccnc(NC2CCOC2c2ccc(F)c(F)c2)c1=O. The van der Waals surface area contributed by atoms with Crippen LogP contribution < -0.4 is 10.9 Å². The molecule has 7 heteroatoms. The molecular formula is C18H21F2N3O2. The molecule has 1 aliphatic rings. The van der Waals surface area contributed by atoms with Crippen molar-refractivity contribution in [3.63, 3.8) is 0 Å². The fourth-order valence-corrected chi connectivity index (χ4v) is 3.01. The summed E-state index contributed by atoms with van der Waals surface area (Å²) in [6.45, 7) is 5.13. The van der Waals surface area contributed by atoms with E-state index < -0.39 is 17.7 Å². The lowest BCUT2D eigenvalue weighted by molar-refractivity contribution is 0.107. The highest BCUT2D eigenvalue weighted by atomic mass is 19.2. The lowest BCUT2D eigenvalue weighted by Crippen LogP contribution is -2.31. The average molecular weight is 349 g/mol. The topological polar surface area (TPSA) is 56.1 Å². The summed E-state index contributed by atoms with van der Waals surface area (Å²) in [5, 5.41) is 3.12. The molecule has 2 unspecified atom stereocenters. The van der Waals surface area contributed by atoms with Gasteiger partial charge in [-0.3, -0.25) is 4.79 Å². The minimum Gasteiger partial charge on any atom is -0.371 e. The van der Waals surface area contributed by atoms with Crippen LogP contribution in [0.15, 0.2) is 35.4 Å². The predicted molar refractivity (Wildman–Crippen MR) is 90.4 cm³/mol. The molecule has 1 fully saturated rings. The van der Waals surface area contributed by atoms with Crippen molar-refractivity contribution in [2.75, 3.05) is 11.9 Å². The number of nitrogens with one attached hydrogen (secondary N) is 1. The largest absolute Gasteiger partial charge is 0.371 e. The van der Waals surface area contributed by atoms with E-state index in [1.54, 1.807) is 17.0 Å². The Hall–Kier alpha value is -2.28. The highest BCUT2D eigenvalue weighted by molar-refractivity contribution is 5.35. The summed E-state index contributed by atoms with van der Waals surface area (Å²) in [5.41, 5.74) is 0.333. The summed E-state index contributed by atoms with van der Waals surface area (Å²) in [6.07, 6.45) is 3.42. The van der Waals surface area contributed by atoms with Crippen molar-refractivity contribution < 1.29 is 13.5 Å². The highest BCUT2D eigenvalue weighted by Gasteiger charge is 2.31. The van der Waals surface area contributed by atoms with Gasteiger partial charge in [0.05, 0.1) is 6.04 Å². The number of halogens is 2. The lowest BCUT2D eigenvalue weighted by atomic mass is 10.0. The van der Waals surface area contributed by atoms with E-state index in [0.29, 0.717) is 31.1 Å². The standard InChI is InChI=1S/C18H21F2N3O2/c1-11(2)10-23-7-6-21-17(18(23)24)22-15-5-8-25-16(15)12-3-4-13(19)14(20)9-12/h3-4,6-7,9,11,15-16H,5,8,10H2,1-2H3,(H,21,22). The van der Waals surface area contributed by atoms with E-state index in [-0.39, 0.29) is 17.4 Å². The Bertz CT molecular complexity index is 807. The van der Waals surface area contributed by atoms with Crippen LogP contribution in [-0.2, 0) is 11.3 Å². The maximum Gasteiger partial charge on any atom is 0.293 e. The summed E-state index contributed by atoms with van der Waals surface area (Å²) in [5.74, 6) is -1.24. The van der Waals surface area contributed by atoms with Crippen LogP contribution in [0.2, 0.25) is 0 Å². The summed E-state index contributed by atoms with van der Waals surface area (Å²) >= 11 is 0. The van der Waals surface area contributed by atoms with Crippen molar-refractivity contribution in [1.29, 1.82) is 0 Å². The zero-order valence-corrected chi connectivity index (χ0v) is 14.2. The molecule has 5 nitrogen and oxygen atoms in total. The number of nitrogens with zero attached hydrogens (tertiary/aromatic N) is 2. The number of aromatic nitrogens is 2. The molecule has 2 heterocycles. The Kier molecular flexibility index (Phi) is 5.13. The first-order valence-corrected chi connectivity index (χ1v) is 8.34. The fourth-order valence-electron chi connectivity index (χ4n) is 3.01. The minimum atomic E-state index is -0.913. The van der Waals surface area contributed by atoms with Gasteiger partial charge in [-0.05, 0) is 30.0 Å². The molecule has 1 aromatic heterocycles. The molecule has 1 aromatic carbocycles. The van der Waals surface area contributed by atoms with Crippen LogP contribution in [0.25, 0.3) is 0 Å². The van der Waals surface area contributed by atoms with Crippen molar-refractivity contribution in [2.24, 2.45) is 5.92 Å². The average Bonchev–Trinajstić information content (AvgIpc) is 3.02. The molecule has 3 rings (SSSR count).